The van der Waals surface area contributed by atoms with Gasteiger partial charge in [0.05, 0.1) is 12.2 Å². The van der Waals surface area contributed by atoms with E-state index in [1.807, 2.05) is 0 Å². The average Bonchev–Trinajstić information content (AvgIpc) is 2.16. The van der Waals surface area contributed by atoms with Gasteiger partial charge in [-0.1, -0.05) is 12.0 Å². The Balaban J connectivity index is 3.05. The number of hydrogen-bond donors (Lipinski definition) is 1. The first-order valence-corrected chi connectivity index (χ1v) is 3.62. The molecule has 0 aliphatic carbocycles. The van der Waals surface area contributed by atoms with E-state index in [4.69, 9.17) is 5.11 Å². The van der Waals surface area contributed by atoms with Crippen LogP contribution in [0, 0.1) is 17.7 Å². The first kappa shape index (κ1) is 9.43. The number of benzene rings is 1. The van der Waals surface area contributed by atoms with Gasteiger partial charge in [0.25, 0.3) is 0 Å². The lowest BCUT2D eigenvalue weighted by Gasteiger charge is -1.97. The van der Waals surface area contributed by atoms with Gasteiger partial charge in [0.15, 0.2) is 6.29 Å². The molecule has 2 nitrogen and oxygen atoms in total. The molecule has 0 spiro atoms. The SMILES string of the molecule is O=CC#Cc1ccc(CO)cc1F. The zero-order valence-corrected chi connectivity index (χ0v) is 6.75. The van der Waals surface area contributed by atoms with E-state index in [9.17, 15) is 9.18 Å². The quantitative estimate of drug-likeness (QED) is 0.511. The molecule has 0 aliphatic heterocycles. The Morgan fingerprint density at radius 2 is 2.31 bits per heavy atom. The highest BCUT2D eigenvalue weighted by atomic mass is 19.1. The molecule has 1 N–H and O–H groups in total. The fourth-order valence-corrected chi connectivity index (χ4v) is 0.866. The average molecular weight is 178 g/mol. The molecule has 0 aromatic heterocycles. The van der Waals surface area contributed by atoms with Crippen molar-refractivity contribution in [3.05, 3.63) is 35.1 Å². The molecular weight excluding hydrogens is 171 g/mol. The standard InChI is InChI=1S/C10H7FO2/c11-10-6-8(7-13)3-4-9(10)2-1-5-12/h3-6,13H,7H2. The molecule has 0 saturated heterocycles. The van der Waals surface area contributed by atoms with Crippen molar-refractivity contribution in [1.82, 2.24) is 0 Å². The molecule has 1 aromatic carbocycles. The second-order valence-electron chi connectivity index (χ2n) is 2.36. The number of carbonyl (C=O) groups excluding carboxylic acids is 1. The summed E-state index contributed by atoms with van der Waals surface area (Å²) in [5.74, 6) is 3.92. The van der Waals surface area contributed by atoms with Crippen molar-refractivity contribution in [2.45, 2.75) is 6.61 Å². The number of aliphatic hydroxyl groups excluding tert-OH is 1. The van der Waals surface area contributed by atoms with Gasteiger partial charge in [-0.25, -0.2) is 4.39 Å². The lowest BCUT2D eigenvalue weighted by molar-refractivity contribution is -0.103. The van der Waals surface area contributed by atoms with Crippen LogP contribution in [0.1, 0.15) is 11.1 Å². The highest BCUT2D eigenvalue weighted by Crippen LogP contribution is 2.08. The fraction of sp³-hybridized carbons (Fsp3) is 0.100. The monoisotopic (exact) mass is 178 g/mol. The van der Waals surface area contributed by atoms with Gasteiger partial charge in [-0.05, 0) is 23.6 Å². The number of hydrogen-bond acceptors (Lipinski definition) is 2. The third-order valence-corrected chi connectivity index (χ3v) is 1.48. The second-order valence-corrected chi connectivity index (χ2v) is 2.36. The maximum atomic E-state index is 13.0. The van der Waals surface area contributed by atoms with Crippen molar-refractivity contribution in [1.29, 1.82) is 0 Å². The number of carbonyl (C=O) groups is 1. The summed E-state index contributed by atoms with van der Waals surface area (Å²) in [5.41, 5.74) is 0.637. The third kappa shape index (κ3) is 2.39. The van der Waals surface area contributed by atoms with Gasteiger partial charge in [-0.2, -0.15) is 0 Å². The Morgan fingerprint density at radius 1 is 1.54 bits per heavy atom. The van der Waals surface area contributed by atoms with E-state index >= 15 is 0 Å². The van der Waals surface area contributed by atoms with Crippen LogP contribution in [0.4, 0.5) is 4.39 Å². The van der Waals surface area contributed by atoms with Crippen LogP contribution in [0.5, 0.6) is 0 Å². The molecule has 0 heterocycles. The molecule has 1 aromatic rings. The molecule has 66 valence electrons. The van der Waals surface area contributed by atoms with Crippen LogP contribution in [0.15, 0.2) is 18.2 Å². The van der Waals surface area contributed by atoms with Crippen molar-refractivity contribution in [2.75, 3.05) is 0 Å². The van der Waals surface area contributed by atoms with Gasteiger partial charge >= 0.3 is 0 Å². The molecule has 0 saturated carbocycles. The van der Waals surface area contributed by atoms with E-state index in [0.717, 1.165) is 0 Å². The van der Waals surface area contributed by atoms with E-state index in [1.54, 1.807) is 6.07 Å². The molecule has 0 amide bonds. The number of aldehydes is 1. The van der Waals surface area contributed by atoms with Crippen molar-refractivity contribution in [3.8, 4) is 11.8 Å². The molecule has 0 fully saturated rings. The number of aliphatic hydroxyl groups is 1. The summed E-state index contributed by atoms with van der Waals surface area (Å²) < 4.78 is 13.0. The maximum Gasteiger partial charge on any atom is 0.193 e. The van der Waals surface area contributed by atoms with Crippen LogP contribution in [-0.4, -0.2) is 11.4 Å². The molecule has 0 radical (unpaired) electrons. The normalized spacial score (nSPS) is 8.77. The van der Waals surface area contributed by atoms with E-state index in [1.165, 1.54) is 12.1 Å². The first-order chi connectivity index (χ1) is 6.27. The van der Waals surface area contributed by atoms with Gasteiger partial charge < -0.3 is 5.11 Å². The molecule has 0 aliphatic rings. The number of halogens is 1. The Morgan fingerprint density at radius 3 is 2.85 bits per heavy atom. The third-order valence-electron chi connectivity index (χ3n) is 1.48. The van der Waals surface area contributed by atoms with Crippen LogP contribution < -0.4 is 0 Å². The molecular formula is C10H7FO2. The summed E-state index contributed by atoms with van der Waals surface area (Å²) in [6, 6.07) is 4.17. The molecule has 0 bridgehead atoms. The predicted molar refractivity (Wildman–Crippen MR) is 45.3 cm³/mol. The van der Waals surface area contributed by atoms with Gasteiger partial charge in [0.2, 0.25) is 0 Å². The van der Waals surface area contributed by atoms with E-state index in [2.05, 4.69) is 11.8 Å². The Bertz CT molecular complexity index is 374. The summed E-state index contributed by atoms with van der Waals surface area (Å²) in [7, 11) is 0. The highest BCUT2D eigenvalue weighted by molar-refractivity contribution is 5.74. The fourth-order valence-electron chi connectivity index (χ4n) is 0.866. The number of rotatable bonds is 1. The van der Waals surface area contributed by atoms with Crippen LogP contribution in [0.25, 0.3) is 0 Å². The van der Waals surface area contributed by atoms with Crippen LogP contribution >= 0.6 is 0 Å². The smallest absolute Gasteiger partial charge is 0.193 e. The summed E-state index contributed by atoms with van der Waals surface area (Å²) in [6.07, 6.45) is 0.402. The zero-order valence-electron chi connectivity index (χ0n) is 6.75. The molecule has 0 atom stereocenters. The minimum Gasteiger partial charge on any atom is -0.392 e. The summed E-state index contributed by atoms with van der Waals surface area (Å²) in [4.78, 5) is 9.88. The van der Waals surface area contributed by atoms with E-state index in [-0.39, 0.29) is 12.2 Å². The van der Waals surface area contributed by atoms with Gasteiger partial charge in [-0.15, -0.1) is 0 Å². The molecule has 13 heavy (non-hydrogen) atoms. The van der Waals surface area contributed by atoms with Crippen LogP contribution in [0.3, 0.4) is 0 Å². The lowest BCUT2D eigenvalue weighted by Crippen LogP contribution is -1.88. The van der Waals surface area contributed by atoms with Crippen molar-refractivity contribution < 1.29 is 14.3 Å². The van der Waals surface area contributed by atoms with Crippen molar-refractivity contribution in [2.24, 2.45) is 0 Å². The van der Waals surface area contributed by atoms with Crippen molar-refractivity contribution in [3.63, 3.8) is 0 Å². The Labute approximate surface area is 75.0 Å². The molecule has 3 heteroatoms. The summed E-state index contributed by atoms with van der Waals surface area (Å²) in [5, 5.41) is 8.67. The minimum atomic E-state index is -0.527. The van der Waals surface area contributed by atoms with E-state index in [0.29, 0.717) is 11.8 Å². The summed E-state index contributed by atoms with van der Waals surface area (Å²) in [6.45, 7) is -0.210. The summed E-state index contributed by atoms with van der Waals surface area (Å²) >= 11 is 0. The zero-order chi connectivity index (χ0) is 9.68. The molecule has 1 rings (SSSR count). The predicted octanol–water partition coefficient (Wildman–Crippen LogP) is 0.868. The lowest BCUT2D eigenvalue weighted by atomic mass is 10.1. The van der Waals surface area contributed by atoms with Gasteiger partial charge in [0, 0.05) is 0 Å². The van der Waals surface area contributed by atoms with E-state index < -0.39 is 5.82 Å². The Hall–Kier alpha value is -1.66. The first-order valence-electron chi connectivity index (χ1n) is 3.62. The molecule has 0 unspecified atom stereocenters. The van der Waals surface area contributed by atoms with Crippen LogP contribution in [-0.2, 0) is 11.4 Å². The van der Waals surface area contributed by atoms with Gasteiger partial charge in [-0.3, -0.25) is 4.79 Å². The highest BCUT2D eigenvalue weighted by Gasteiger charge is 1.99. The largest absolute Gasteiger partial charge is 0.392 e. The minimum absolute atomic E-state index is 0.157. The van der Waals surface area contributed by atoms with Gasteiger partial charge in [0.1, 0.15) is 5.82 Å². The topological polar surface area (TPSA) is 37.3 Å². The Kier molecular flexibility index (Phi) is 3.18. The maximum absolute atomic E-state index is 13.0. The van der Waals surface area contributed by atoms with Crippen LogP contribution in [0.2, 0.25) is 0 Å². The van der Waals surface area contributed by atoms with Crippen molar-refractivity contribution >= 4 is 6.29 Å². The second kappa shape index (κ2) is 4.39.